The van der Waals surface area contributed by atoms with Crippen molar-refractivity contribution in [2.75, 3.05) is 32.7 Å². The van der Waals surface area contributed by atoms with Gasteiger partial charge >= 0.3 is 0 Å². The fourth-order valence-corrected chi connectivity index (χ4v) is 2.99. The van der Waals surface area contributed by atoms with Crippen molar-refractivity contribution in [3.63, 3.8) is 0 Å². The molecular formula is C20H25FN2O2. The van der Waals surface area contributed by atoms with Gasteiger partial charge in [0.2, 0.25) is 0 Å². The molecule has 0 spiro atoms. The van der Waals surface area contributed by atoms with Crippen LogP contribution in [0.1, 0.15) is 18.9 Å². The van der Waals surface area contributed by atoms with Crippen molar-refractivity contribution in [3.8, 4) is 11.5 Å². The second-order valence-corrected chi connectivity index (χ2v) is 6.67. The first-order valence-corrected chi connectivity index (χ1v) is 8.73. The van der Waals surface area contributed by atoms with E-state index in [1.165, 1.54) is 6.07 Å². The molecule has 1 aliphatic heterocycles. The predicted molar refractivity (Wildman–Crippen MR) is 96.4 cm³/mol. The smallest absolute Gasteiger partial charge is 0.165 e. The number of rotatable bonds is 6. The molecule has 0 bridgehead atoms. The maximum Gasteiger partial charge on any atom is 0.165 e. The molecule has 2 aromatic rings. The SMILES string of the molecule is CC(O)(CCN1CCNCC1)c1ccc(Oc2ccccc2F)cc1. The van der Waals surface area contributed by atoms with Crippen LogP contribution < -0.4 is 10.1 Å². The monoisotopic (exact) mass is 344 g/mol. The largest absolute Gasteiger partial charge is 0.454 e. The van der Waals surface area contributed by atoms with Gasteiger partial charge in [-0.1, -0.05) is 24.3 Å². The van der Waals surface area contributed by atoms with E-state index in [0.29, 0.717) is 12.2 Å². The van der Waals surface area contributed by atoms with Crippen LogP contribution in [0, 0.1) is 5.82 Å². The number of aliphatic hydroxyl groups is 1. The Morgan fingerprint density at radius 1 is 1.12 bits per heavy atom. The van der Waals surface area contributed by atoms with Crippen LogP contribution in [-0.2, 0) is 5.60 Å². The first-order chi connectivity index (χ1) is 12.0. The van der Waals surface area contributed by atoms with Gasteiger partial charge in [0.25, 0.3) is 0 Å². The van der Waals surface area contributed by atoms with E-state index in [4.69, 9.17) is 4.74 Å². The lowest BCUT2D eigenvalue weighted by atomic mass is 9.92. The van der Waals surface area contributed by atoms with Crippen molar-refractivity contribution < 1.29 is 14.2 Å². The number of para-hydroxylation sites is 1. The molecular weight excluding hydrogens is 319 g/mol. The zero-order chi connectivity index (χ0) is 17.7. The number of piperazine rings is 1. The third-order valence-electron chi connectivity index (χ3n) is 4.67. The Morgan fingerprint density at radius 2 is 1.80 bits per heavy atom. The summed E-state index contributed by atoms with van der Waals surface area (Å²) in [5, 5.41) is 14.1. The van der Waals surface area contributed by atoms with Gasteiger partial charge in [-0.3, -0.25) is 0 Å². The number of halogens is 1. The van der Waals surface area contributed by atoms with Gasteiger partial charge in [-0.2, -0.15) is 0 Å². The van der Waals surface area contributed by atoms with E-state index in [9.17, 15) is 9.50 Å². The zero-order valence-electron chi connectivity index (χ0n) is 14.5. The first-order valence-electron chi connectivity index (χ1n) is 8.73. The van der Waals surface area contributed by atoms with E-state index in [1.807, 2.05) is 19.1 Å². The molecule has 1 heterocycles. The molecule has 0 aromatic heterocycles. The van der Waals surface area contributed by atoms with Crippen LogP contribution in [0.5, 0.6) is 11.5 Å². The Balaban J connectivity index is 1.61. The number of nitrogens with one attached hydrogen (secondary N) is 1. The van der Waals surface area contributed by atoms with Crippen LogP contribution in [-0.4, -0.2) is 42.7 Å². The lowest BCUT2D eigenvalue weighted by Gasteiger charge is -2.31. The van der Waals surface area contributed by atoms with Crippen molar-refractivity contribution >= 4 is 0 Å². The van der Waals surface area contributed by atoms with Crippen LogP contribution in [0.4, 0.5) is 4.39 Å². The molecule has 1 unspecified atom stereocenters. The second kappa shape index (κ2) is 7.95. The van der Waals surface area contributed by atoms with Crippen LogP contribution in [0.2, 0.25) is 0 Å². The van der Waals surface area contributed by atoms with Crippen molar-refractivity contribution in [1.82, 2.24) is 10.2 Å². The van der Waals surface area contributed by atoms with Gasteiger partial charge in [0.15, 0.2) is 11.6 Å². The fourth-order valence-electron chi connectivity index (χ4n) is 2.99. The van der Waals surface area contributed by atoms with E-state index in [2.05, 4.69) is 10.2 Å². The zero-order valence-corrected chi connectivity index (χ0v) is 14.5. The maximum absolute atomic E-state index is 13.6. The molecule has 1 aliphatic rings. The minimum Gasteiger partial charge on any atom is -0.454 e. The highest BCUT2D eigenvalue weighted by atomic mass is 19.1. The van der Waals surface area contributed by atoms with E-state index in [0.717, 1.165) is 38.3 Å². The van der Waals surface area contributed by atoms with Crippen molar-refractivity contribution in [1.29, 1.82) is 0 Å². The van der Waals surface area contributed by atoms with Gasteiger partial charge in [0.1, 0.15) is 5.75 Å². The Kier molecular flexibility index (Phi) is 5.68. The summed E-state index contributed by atoms with van der Waals surface area (Å²) >= 11 is 0. The molecule has 4 nitrogen and oxygen atoms in total. The van der Waals surface area contributed by atoms with Gasteiger partial charge in [0, 0.05) is 32.7 Å². The summed E-state index contributed by atoms with van der Waals surface area (Å²) in [5.41, 5.74) is -0.0648. The van der Waals surface area contributed by atoms with Gasteiger partial charge in [-0.05, 0) is 43.2 Å². The van der Waals surface area contributed by atoms with E-state index < -0.39 is 11.4 Å². The molecule has 0 saturated carbocycles. The fraction of sp³-hybridized carbons (Fsp3) is 0.400. The average molecular weight is 344 g/mol. The molecule has 25 heavy (non-hydrogen) atoms. The van der Waals surface area contributed by atoms with Crippen LogP contribution >= 0.6 is 0 Å². The second-order valence-electron chi connectivity index (χ2n) is 6.67. The summed E-state index contributed by atoms with van der Waals surface area (Å²) < 4.78 is 19.2. The van der Waals surface area contributed by atoms with E-state index >= 15 is 0 Å². The van der Waals surface area contributed by atoms with Crippen LogP contribution in [0.25, 0.3) is 0 Å². The molecule has 1 atom stereocenters. The Hall–Kier alpha value is -1.95. The molecule has 5 heteroatoms. The van der Waals surface area contributed by atoms with E-state index in [1.54, 1.807) is 30.3 Å². The Bertz CT molecular complexity index is 682. The molecule has 1 saturated heterocycles. The molecule has 3 rings (SSSR count). The average Bonchev–Trinajstić information content (AvgIpc) is 2.63. The number of nitrogens with zero attached hydrogens (tertiary/aromatic N) is 1. The number of ether oxygens (including phenoxy) is 1. The standard InChI is InChI=1S/C20H25FN2O2/c1-20(24,10-13-23-14-11-22-12-15-23)16-6-8-17(9-7-16)25-19-5-3-2-4-18(19)21/h2-9,22,24H,10-15H2,1H3. The van der Waals surface area contributed by atoms with Crippen molar-refractivity contribution in [2.45, 2.75) is 18.9 Å². The summed E-state index contributed by atoms with van der Waals surface area (Å²) in [5.74, 6) is 0.349. The quantitative estimate of drug-likeness (QED) is 0.845. The summed E-state index contributed by atoms with van der Waals surface area (Å²) in [7, 11) is 0. The van der Waals surface area contributed by atoms with Crippen molar-refractivity contribution in [3.05, 3.63) is 59.9 Å². The highest BCUT2D eigenvalue weighted by Gasteiger charge is 2.24. The Labute approximate surface area is 148 Å². The van der Waals surface area contributed by atoms with Gasteiger partial charge in [-0.25, -0.2) is 4.39 Å². The molecule has 0 radical (unpaired) electrons. The number of benzene rings is 2. The van der Waals surface area contributed by atoms with Gasteiger partial charge in [0.05, 0.1) is 5.60 Å². The van der Waals surface area contributed by atoms with Gasteiger partial charge < -0.3 is 20.1 Å². The number of hydrogen-bond donors (Lipinski definition) is 2. The summed E-state index contributed by atoms with van der Waals surface area (Å²) in [6.07, 6.45) is 0.667. The third-order valence-corrected chi connectivity index (χ3v) is 4.67. The number of hydrogen-bond acceptors (Lipinski definition) is 4. The van der Waals surface area contributed by atoms with Crippen LogP contribution in [0.3, 0.4) is 0 Å². The molecule has 1 fully saturated rings. The summed E-state index contributed by atoms with van der Waals surface area (Å²) in [6.45, 7) is 6.75. The topological polar surface area (TPSA) is 44.7 Å². The lowest BCUT2D eigenvalue weighted by Crippen LogP contribution is -2.45. The minimum atomic E-state index is -0.901. The molecule has 0 aliphatic carbocycles. The molecule has 2 aromatic carbocycles. The van der Waals surface area contributed by atoms with Crippen LogP contribution in [0.15, 0.2) is 48.5 Å². The molecule has 134 valence electrons. The minimum absolute atomic E-state index is 0.195. The predicted octanol–water partition coefficient (Wildman–Crippen LogP) is 3.12. The Morgan fingerprint density at radius 3 is 2.48 bits per heavy atom. The summed E-state index contributed by atoms with van der Waals surface area (Å²) in [4.78, 5) is 2.36. The van der Waals surface area contributed by atoms with E-state index in [-0.39, 0.29) is 5.75 Å². The third kappa shape index (κ3) is 4.78. The normalized spacial score (nSPS) is 17.9. The molecule has 0 amide bonds. The first kappa shape index (κ1) is 17.9. The van der Waals surface area contributed by atoms with Gasteiger partial charge in [-0.15, -0.1) is 0 Å². The van der Waals surface area contributed by atoms with Crippen molar-refractivity contribution in [2.24, 2.45) is 0 Å². The highest BCUT2D eigenvalue weighted by molar-refractivity contribution is 5.35. The maximum atomic E-state index is 13.6. The highest BCUT2D eigenvalue weighted by Crippen LogP contribution is 2.29. The molecule has 2 N–H and O–H groups in total. The lowest BCUT2D eigenvalue weighted by molar-refractivity contribution is 0.0345. The summed E-state index contributed by atoms with van der Waals surface area (Å²) in [6, 6.07) is 13.5.